The van der Waals surface area contributed by atoms with Crippen LogP contribution in [0.25, 0.3) is 5.69 Å². The highest BCUT2D eigenvalue weighted by Crippen LogP contribution is 2.27. The third kappa shape index (κ3) is 4.89. The summed E-state index contributed by atoms with van der Waals surface area (Å²) in [5, 5.41) is 8.03. The topological polar surface area (TPSA) is 56.1 Å². The molecule has 0 unspecified atom stereocenters. The number of carbonyl (C=O) groups is 1. The molecule has 1 amide bonds. The van der Waals surface area contributed by atoms with Crippen LogP contribution in [0, 0.1) is 0 Å². The predicted molar refractivity (Wildman–Crippen MR) is 108 cm³/mol. The van der Waals surface area contributed by atoms with Gasteiger partial charge in [0.15, 0.2) is 0 Å². The third-order valence-corrected chi connectivity index (χ3v) is 4.21. The van der Waals surface area contributed by atoms with E-state index in [1.807, 2.05) is 48.5 Å². The maximum Gasteiger partial charge on any atom is 0.413 e. The molecule has 0 fully saturated rings. The summed E-state index contributed by atoms with van der Waals surface area (Å²) in [4.78, 5) is 12.3. The van der Waals surface area contributed by atoms with Crippen molar-refractivity contribution < 1.29 is 9.53 Å². The maximum atomic E-state index is 12.3. The van der Waals surface area contributed by atoms with Crippen molar-refractivity contribution in [3.8, 4) is 5.69 Å². The largest absolute Gasteiger partial charge is 0.444 e. The number of hydrogen-bond acceptors (Lipinski definition) is 3. The van der Waals surface area contributed by atoms with Crippen LogP contribution in [0.1, 0.15) is 32.0 Å². The molecule has 2 aromatic carbocycles. The molecular formula is C21H22ClN3O2. The quantitative estimate of drug-likeness (QED) is 0.640. The van der Waals surface area contributed by atoms with Gasteiger partial charge in [-0.05, 0) is 23.8 Å². The molecule has 3 aromatic rings. The second-order valence-electron chi connectivity index (χ2n) is 7.24. The Kier molecular flexibility index (Phi) is 5.51. The third-order valence-electron chi connectivity index (χ3n) is 3.97. The van der Waals surface area contributed by atoms with Crippen LogP contribution in [-0.2, 0) is 16.8 Å². The smallest absolute Gasteiger partial charge is 0.413 e. The van der Waals surface area contributed by atoms with Gasteiger partial charge in [0.05, 0.1) is 11.4 Å². The van der Waals surface area contributed by atoms with E-state index >= 15 is 0 Å². The first-order chi connectivity index (χ1) is 12.8. The van der Waals surface area contributed by atoms with Crippen LogP contribution in [0.4, 0.5) is 10.6 Å². The van der Waals surface area contributed by atoms with Crippen molar-refractivity contribution in [2.75, 3.05) is 5.32 Å². The number of benzene rings is 2. The van der Waals surface area contributed by atoms with E-state index in [0.29, 0.717) is 10.8 Å². The van der Waals surface area contributed by atoms with Crippen molar-refractivity contribution in [1.29, 1.82) is 0 Å². The molecule has 1 heterocycles. The van der Waals surface area contributed by atoms with Crippen molar-refractivity contribution in [1.82, 2.24) is 9.78 Å². The summed E-state index contributed by atoms with van der Waals surface area (Å²) in [5.41, 5.74) is 2.36. The Morgan fingerprint density at radius 2 is 1.85 bits per heavy atom. The Labute approximate surface area is 163 Å². The van der Waals surface area contributed by atoms with E-state index in [-0.39, 0.29) is 12.0 Å². The van der Waals surface area contributed by atoms with E-state index < -0.39 is 6.09 Å². The molecule has 0 aliphatic heterocycles. The molecule has 0 bridgehead atoms. The lowest BCUT2D eigenvalue weighted by Crippen LogP contribution is -2.16. The van der Waals surface area contributed by atoms with E-state index in [1.54, 1.807) is 16.8 Å². The van der Waals surface area contributed by atoms with Crippen LogP contribution in [0.5, 0.6) is 0 Å². The first-order valence-corrected chi connectivity index (χ1v) is 9.05. The van der Waals surface area contributed by atoms with Gasteiger partial charge in [0.2, 0.25) is 0 Å². The Balaban J connectivity index is 1.82. The molecule has 0 atom stereocenters. The Hall–Kier alpha value is -2.79. The second kappa shape index (κ2) is 7.84. The number of amides is 1. The van der Waals surface area contributed by atoms with Crippen molar-refractivity contribution in [2.24, 2.45) is 0 Å². The lowest BCUT2D eigenvalue weighted by molar-refractivity contribution is 0.155. The van der Waals surface area contributed by atoms with Gasteiger partial charge >= 0.3 is 6.09 Å². The molecule has 0 saturated carbocycles. The molecule has 0 aliphatic rings. The van der Waals surface area contributed by atoms with Crippen molar-refractivity contribution in [3.63, 3.8) is 0 Å². The lowest BCUT2D eigenvalue weighted by atomic mass is 9.92. The average molecular weight is 384 g/mol. The minimum Gasteiger partial charge on any atom is -0.444 e. The van der Waals surface area contributed by atoms with Gasteiger partial charge in [-0.15, -0.1) is 0 Å². The highest BCUT2D eigenvalue weighted by molar-refractivity contribution is 6.30. The van der Waals surface area contributed by atoms with Gasteiger partial charge < -0.3 is 4.74 Å². The number of nitrogens with one attached hydrogen (secondary N) is 1. The molecule has 5 nitrogen and oxygen atoms in total. The van der Waals surface area contributed by atoms with Gasteiger partial charge in [0, 0.05) is 16.5 Å². The monoisotopic (exact) mass is 383 g/mol. The maximum absolute atomic E-state index is 12.3. The van der Waals surface area contributed by atoms with Crippen LogP contribution in [0.3, 0.4) is 0 Å². The number of nitrogens with zero attached hydrogens (tertiary/aromatic N) is 2. The first kappa shape index (κ1) is 19.0. The minimum atomic E-state index is -0.539. The number of ether oxygens (including phenoxy) is 1. The standard InChI is InChI=1S/C21H22ClN3O2/c1-21(2,3)18-13-19(25(24-18)17-11-7-10-16(22)12-17)23-20(26)27-14-15-8-5-4-6-9-15/h4-13H,14H2,1-3H3,(H,23,26). The molecule has 0 saturated heterocycles. The summed E-state index contributed by atoms with van der Waals surface area (Å²) in [6, 6.07) is 18.7. The molecule has 6 heteroatoms. The number of aromatic nitrogens is 2. The summed E-state index contributed by atoms with van der Waals surface area (Å²) in [7, 11) is 0. The summed E-state index contributed by atoms with van der Waals surface area (Å²) >= 11 is 6.11. The summed E-state index contributed by atoms with van der Waals surface area (Å²) in [5.74, 6) is 0.528. The Bertz CT molecular complexity index is 930. The number of rotatable bonds is 4. The fourth-order valence-corrected chi connectivity index (χ4v) is 2.69. The van der Waals surface area contributed by atoms with Gasteiger partial charge in [-0.1, -0.05) is 68.8 Å². The minimum absolute atomic E-state index is 0.172. The Morgan fingerprint density at radius 3 is 2.52 bits per heavy atom. The number of halogens is 1. The van der Waals surface area contributed by atoms with E-state index in [1.165, 1.54) is 0 Å². The molecule has 0 radical (unpaired) electrons. The second-order valence-corrected chi connectivity index (χ2v) is 7.68. The SMILES string of the molecule is CC(C)(C)c1cc(NC(=O)OCc2ccccc2)n(-c2cccc(Cl)c2)n1. The van der Waals surface area contributed by atoms with Crippen molar-refractivity contribution >= 4 is 23.5 Å². The summed E-state index contributed by atoms with van der Waals surface area (Å²) in [6.07, 6.45) is -0.539. The van der Waals surface area contributed by atoms with E-state index in [9.17, 15) is 4.79 Å². The zero-order chi connectivity index (χ0) is 19.4. The molecule has 0 spiro atoms. The van der Waals surface area contributed by atoms with Gasteiger partial charge in [0.25, 0.3) is 0 Å². The fourth-order valence-electron chi connectivity index (χ4n) is 2.51. The lowest BCUT2D eigenvalue weighted by Gasteiger charge is -2.14. The predicted octanol–water partition coefficient (Wildman–Crippen LogP) is 5.57. The summed E-state index contributed by atoms with van der Waals surface area (Å²) < 4.78 is 6.99. The molecule has 3 rings (SSSR count). The average Bonchev–Trinajstić information content (AvgIpc) is 3.05. The van der Waals surface area contributed by atoms with Gasteiger partial charge in [-0.2, -0.15) is 5.10 Å². The van der Waals surface area contributed by atoms with Crippen LogP contribution in [0.2, 0.25) is 5.02 Å². The molecule has 1 N–H and O–H groups in total. The number of carbonyl (C=O) groups excluding carboxylic acids is 1. The molecule has 140 valence electrons. The van der Waals surface area contributed by atoms with E-state index in [2.05, 4.69) is 31.2 Å². The van der Waals surface area contributed by atoms with Gasteiger partial charge in [0.1, 0.15) is 12.4 Å². The van der Waals surface area contributed by atoms with Gasteiger partial charge in [-0.3, -0.25) is 5.32 Å². The molecule has 27 heavy (non-hydrogen) atoms. The first-order valence-electron chi connectivity index (χ1n) is 8.67. The zero-order valence-electron chi connectivity index (χ0n) is 15.6. The molecule has 1 aromatic heterocycles. The number of anilines is 1. The highest BCUT2D eigenvalue weighted by atomic mass is 35.5. The van der Waals surface area contributed by atoms with Crippen LogP contribution in [-0.4, -0.2) is 15.9 Å². The number of hydrogen-bond donors (Lipinski definition) is 1. The molecule has 0 aliphatic carbocycles. The van der Waals surface area contributed by atoms with Crippen LogP contribution >= 0.6 is 11.6 Å². The Morgan fingerprint density at radius 1 is 1.11 bits per heavy atom. The van der Waals surface area contributed by atoms with Gasteiger partial charge in [-0.25, -0.2) is 9.48 Å². The van der Waals surface area contributed by atoms with Crippen LogP contribution in [0.15, 0.2) is 60.7 Å². The van der Waals surface area contributed by atoms with Crippen molar-refractivity contribution in [3.05, 3.63) is 76.9 Å². The summed E-state index contributed by atoms with van der Waals surface area (Å²) in [6.45, 7) is 6.39. The van der Waals surface area contributed by atoms with E-state index in [4.69, 9.17) is 16.3 Å². The van der Waals surface area contributed by atoms with Crippen LogP contribution < -0.4 is 5.32 Å². The molecular weight excluding hydrogens is 362 g/mol. The zero-order valence-corrected chi connectivity index (χ0v) is 16.3. The van der Waals surface area contributed by atoms with Crippen molar-refractivity contribution in [2.45, 2.75) is 32.8 Å². The van der Waals surface area contributed by atoms with E-state index in [0.717, 1.165) is 16.9 Å². The fraction of sp³-hybridized carbons (Fsp3) is 0.238. The normalized spacial score (nSPS) is 11.3. The highest BCUT2D eigenvalue weighted by Gasteiger charge is 2.22.